The van der Waals surface area contributed by atoms with Crippen molar-refractivity contribution in [2.45, 2.75) is 0 Å². The van der Waals surface area contributed by atoms with E-state index in [1.807, 2.05) is 24.3 Å². The lowest BCUT2D eigenvalue weighted by Gasteiger charge is -2.31. The molecule has 0 aliphatic rings. The second-order valence-corrected chi connectivity index (χ2v) is 16.7. The molecule has 0 atom stereocenters. The van der Waals surface area contributed by atoms with Crippen LogP contribution in [0.3, 0.4) is 0 Å². The molecule has 0 aliphatic heterocycles. The van der Waals surface area contributed by atoms with E-state index in [2.05, 4.69) is 126 Å². The van der Waals surface area contributed by atoms with Gasteiger partial charge in [-0.1, -0.05) is 163 Å². The zero-order valence-electron chi connectivity index (χ0n) is 19.1. The summed E-state index contributed by atoms with van der Waals surface area (Å²) in [6, 6.07) is 48.0. The van der Waals surface area contributed by atoms with E-state index in [4.69, 9.17) is 23.6 Å². The highest BCUT2D eigenvalue weighted by atomic mass is 32.4. The first-order chi connectivity index (χ1) is 17.1. The Hall–Kier alpha value is -2.80. The van der Waals surface area contributed by atoms with Crippen LogP contribution in [0.1, 0.15) is 0 Å². The van der Waals surface area contributed by atoms with Crippen molar-refractivity contribution in [2.24, 2.45) is 0 Å². The second kappa shape index (κ2) is 10.4. The molecule has 1 nitrogen and oxygen atoms in total. The zero-order chi connectivity index (χ0) is 24.1. The Morgan fingerprint density at radius 1 is 0.400 bits per heavy atom. The van der Waals surface area contributed by atoms with E-state index < -0.39 is 12.2 Å². The zero-order valence-corrected chi connectivity index (χ0v) is 22.5. The predicted octanol–water partition coefficient (Wildman–Crippen LogP) is 5.90. The Bertz CT molecular complexity index is 1420. The van der Waals surface area contributed by atoms with Crippen molar-refractivity contribution in [2.75, 3.05) is 5.09 Å². The molecule has 172 valence electrons. The van der Waals surface area contributed by atoms with Gasteiger partial charge in [-0.3, -0.25) is 0 Å². The highest BCUT2D eigenvalue weighted by Crippen LogP contribution is 2.49. The fourth-order valence-corrected chi connectivity index (χ4v) is 11.7. The van der Waals surface area contributed by atoms with E-state index in [1.165, 1.54) is 10.6 Å². The molecule has 35 heavy (non-hydrogen) atoms. The molecule has 0 fully saturated rings. The van der Waals surface area contributed by atoms with Gasteiger partial charge in [0.05, 0.1) is 6.19 Å². The Morgan fingerprint density at radius 2 is 0.743 bits per heavy atom. The van der Waals surface area contributed by atoms with Crippen LogP contribution in [0.4, 0.5) is 5.69 Å². The lowest BCUT2D eigenvalue weighted by atomic mass is 10.3. The number of nitrogens with one attached hydrogen (secondary N) is 1. The van der Waals surface area contributed by atoms with Crippen LogP contribution < -0.4 is 31.6 Å². The van der Waals surface area contributed by atoms with Crippen LogP contribution in [0, 0.1) is 0 Å². The number of anilines is 1. The summed E-state index contributed by atoms with van der Waals surface area (Å²) in [6.45, 7) is 0. The minimum atomic E-state index is -2.37. The minimum absolute atomic E-state index is 1.01. The van der Waals surface area contributed by atoms with Crippen LogP contribution in [-0.4, -0.2) is 0 Å². The Kier molecular flexibility index (Phi) is 7.14. The van der Waals surface area contributed by atoms with E-state index in [9.17, 15) is 0 Å². The lowest BCUT2D eigenvalue weighted by Crippen LogP contribution is -2.28. The first-order valence-corrected chi connectivity index (χ1v) is 17.0. The van der Waals surface area contributed by atoms with Gasteiger partial charge in [0.25, 0.3) is 0 Å². The SMILES string of the molecule is S=P(Nc1ccccc1P(=S)(c1ccccc1)c1ccccc1)(c1ccccc1)c1ccccc1. The molecule has 0 saturated carbocycles. The topological polar surface area (TPSA) is 12.0 Å². The van der Waals surface area contributed by atoms with Crippen LogP contribution in [-0.2, 0) is 23.6 Å². The third-order valence-corrected chi connectivity index (χ3v) is 15.1. The summed E-state index contributed by atoms with van der Waals surface area (Å²) in [7, 11) is 0. The van der Waals surface area contributed by atoms with Crippen molar-refractivity contribution < 1.29 is 0 Å². The summed E-state index contributed by atoms with van der Waals surface area (Å²) < 4.78 is 0. The molecule has 0 radical (unpaired) electrons. The van der Waals surface area contributed by atoms with E-state index in [1.54, 1.807) is 0 Å². The molecule has 0 saturated heterocycles. The fourth-order valence-electron chi connectivity index (χ4n) is 4.27. The van der Waals surface area contributed by atoms with Crippen LogP contribution in [0.5, 0.6) is 0 Å². The average Bonchev–Trinajstić information content (AvgIpc) is 2.95. The van der Waals surface area contributed by atoms with Gasteiger partial charge < -0.3 is 5.09 Å². The van der Waals surface area contributed by atoms with Crippen molar-refractivity contribution in [3.63, 3.8) is 0 Å². The third kappa shape index (κ3) is 4.70. The number of benzene rings is 5. The second-order valence-electron chi connectivity index (χ2n) is 8.19. The van der Waals surface area contributed by atoms with Crippen molar-refractivity contribution in [1.82, 2.24) is 0 Å². The summed E-state index contributed by atoms with van der Waals surface area (Å²) in [5.74, 6) is 0. The summed E-state index contributed by atoms with van der Waals surface area (Å²) >= 11 is 13.2. The maximum Gasteiger partial charge on any atom is 0.0904 e. The maximum atomic E-state index is 6.66. The van der Waals surface area contributed by atoms with E-state index >= 15 is 0 Å². The molecule has 5 rings (SSSR count). The van der Waals surface area contributed by atoms with Crippen LogP contribution >= 0.6 is 12.2 Å². The Balaban J connectivity index is 1.72. The molecule has 5 aromatic rings. The number of rotatable bonds is 7. The van der Waals surface area contributed by atoms with Gasteiger partial charge in [-0.15, -0.1) is 0 Å². The van der Waals surface area contributed by atoms with Crippen molar-refractivity contribution in [1.29, 1.82) is 0 Å². The first-order valence-electron chi connectivity index (χ1n) is 11.4. The normalized spacial score (nSPS) is 11.7. The van der Waals surface area contributed by atoms with Crippen molar-refractivity contribution in [3.05, 3.63) is 146 Å². The Morgan fingerprint density at radius 3 is 1.17 bits per heavy atom. The first kappa shape index (κ1) is 23.9. The van der Waals surface area contributed by atoms with E-state index in [0.717, 1.165) is 21.6 Å². The summed E-state index contributed by atoms with van der Waals surface area (Å²) in [4.78, 5) is 0. The van der Waals surface area contributed by atoms with Gasteiger partial charge >= 0.3 is 0 Å². The summed E-state index contributed by atoms with van der Waals surface area (Å²) in [6.07, 6.45) is -2.37. The van der Waals surface area contributed by atoms with Crippen LogP contribution in [0.2, 0.25) is 0 Å². The minimum Gasteiger partial charge on any atom is -0.350 e. The smallest absolute Gasteiger partial charge is 0.0904 e. The summed E-state index contributed by atoms with van der Waals surface area (Å²) in [5, 5.41) is 9.62. The molecule has 0 amide bonds. The maximum absolute atomic E-state index is 6.66. The third-order valence-electron chi connectivity index (χ3n) is 6.00. The fraction of sp³-hybridized carbons (Fsp3) is 0. The molecular formula is C30H25NP2S2. The molecule has 0 aromatic heterocycles. The van der Waals surface area contributed by atoms with Gasteiger partial charge in [0, 0.05) is 27.6 Å². The van der Waals surface area contributed by atoms with Gasteiger partial charge in [-0.05, 0) is 16.7 Å². The highest BCUT2D eigenvalue weighted by molar-refractivity contribution is 8.26. The van der Waals surface area contributed by atoms with Gasteiger partial charge in [0.1, 0.15) is 0 Å². The largest absolute Gasteiger partial charge is 0.350 e. The average molecular weight is 526 g/mol. The molecule has 5 aromatic carbocycles. The van der Waals surface area contributed by atoms with Crippen molar-refractivity contribution in [3.8, 4) is 0 Å². The monoisotopic (exact) mass is 525 g/mol. The standard InChI is InChI=1S/C30H25NP2S2/c34-32(25-15-5-1-6-16-25,26-17-7-2-8-18-26)30-24-14-13-23-29(30)31-33(35,27-19-9-3-10-20-27)28-21-11-4-12-22-28/h1-24H,(H,31,35). The summed E-state index contributed by atoms with van der Waals surface area (Å²) in [5.41, 5.74) is 1.01. The quantitative estimate of drug-likeness (QED) is 0.266. The highest BCUT2D eigenvalue weighted by Gasteiger charge is 2.30. The number of para-hydroxylation sites is 1. The molecule has 0 heterocycles. The molecular weight excluding hydrogens is 500 g/mol. The van der Waals surface area contributed by atoms with Crippen LogP contribution in [0.15, 0.2) is 146 Å². The van der Waals surface area contributed by atoms with Gasteiger partial charge in [-0.2, -0.15) is 0 Å². The number of hydrogen-bond acceptors (Lipinski definition) is 2. The molecule has 0 unspecified atom stereocenters. The Labute approximate surface area is 218 Å². The molecule has 0 spiro atoms. The van der Waals surface area contributed by atoms with Gasteiger partial charge in [0.2, 0.25) is 0 Å². The molecule has 0 aliphatic carbocycles. The number of hydrogen-bond donors (Lipinski definition) is 1. The van der Waals surface area contributed by atoms with Crippen molar-refractivity contribution >= 4 is 68.1 Å². The lowest BCUT2D eigenvalue weighted by molar-refractivity contribution is 1.69. The molecule has 5 heteroatoms. The van der Waals surface area contributed by atoms with Gasteiger partial charge in [-0.25, -0.2) is 0 Å². The molecule has 1 N–H and O–H groups in total. The van der Waals surface area contributed by atoms with Crippen LogP contribution in [0.25, 0.3) is 0 Å². The predicted molar refractivity (Wildman–Crippen MR) is 163 cm³/mol. The van der Waals surface area contributed by atoms with E-state index in [0.29, 0.717) is 0 Å². The molecule has 0 bridgehead atoms. The van der Waals surface area contributed by atoms with Gasteiger partial charge in [0.15, 0.2) is 0 Å². The van der Waals surface area contributed by atoms with E-state index in [-0.39, 0.29) is 0 Å².